The summed E-state index contributed by atoms with van der Waals surface area (Å²) in [6.45, 7) is 4.69. The van der Waals surface area contributed by atoms with Crippen molar-refractivity contribution in [3.63, 3.8) is 0 Å². The van der Waals surface area contributed by atoms with Crippen LogP contribution >= 0.6 is 0 Å². The van der Waals surface area contributed by atoms with Crippen LogP contribution in [-0.2, 0) is 23.7 Å². The first-order valence-electron chi connectivity index (χ1n) is 15.2. The molecule has 1 aliphatic carbocycles. The first kappa shape index (κ1) is 36.9. The number of aliphatic imine (C=N–C) groups is 1. The molecule has 0 aromatic carbocycles. The molecule has 256 valence electrons. The zero-order chi connectivity index (χ0) is 32.9. The number of aliphatic hydroxyl groups is 5. The van der Waals surface area contributed by atoms with E-state index in [4.69, 9.17) is 41.9 Å². The van der Waals surface area contributed by atoms with E-state index in [1.54, 1.807) is 14.0 Å². The van der Waals surface area contributed by atoms with Crippen LogP contribution in [0, 0.1) is 0 Å². The second-order valence-electron chi connectivity index (χ2n) is 12.3. The first-order valence-corrected chi connectivity index (χ1v) is 15.2. The molecule has 44 heavy (non-hydrogen) atoms. The summed E-state index contributed by atoms with van der Waals surface area (Å²) < 4.78 is 23.9. The molecule has 0 spiro atoms. The maximum absolute atomic E-state index is 12.9. The molecule has 0 bridgehead atoms. The normalized spacial score (nSPS) is 42.4. The number of amidine groups is 1. The number of amides is 1. The Hall–Kier alpha value is -1.58. The van der Waals surface area contributed by atoms with E-state index in [-0.39, 0.29) is 25.4 Å². The van der Waals surface area contributed by atoms with E-state index in [0.29, 0.717) is 19.3 Å². The third kappa shape index (κ3) is 8.81. The van der Waals surface area contributed by atoms with E-state index in [1.807, 2.05) is 0 Å². The van der Waals surface area contributed by atoms with Crippen LogP contribution in [0.4, 0.5) is 0 Å². The van der Waals surface area contributed by atoms with Gasteiger partial charge >= 0.3 is 0 Å². The number of nitrogens with zero attached hydrogens (tertiary/aromatic N) is 1. The second kappa shape index (κ2) is 15.8. The lowest BCUT2D eigenvalue weighted by Gasteiger charge is -2.49. The van der Waals surface area contributed by atoms with Crippen molar-refractivity contribution in [3.8, 4) is 0 Å². The van der Waals surface area contributed by atoms with E-state index in [9.17, 15) is 30.3 Å². The Bertz CT molecular complexity index is 962. The topological polar surface area (TPSA) is 296 Å². The number of likely N-dealkylation sites (N-methyl/N-ethyl adjacent to an activating group) is 1. The van der Waals surface area contributed by atoms with Gasteiger partial charge in [0.2, 0.25) is 0 Å². The quantitative estimate of drug-likeness (QED) is 0.0707. The summed E-state index contributed by atoms with van der Waals surface area (Å²) in [6, 6.07) is -4.04. The highest BCUT2D eigenvalue weighted by molar-refractivity contribution is 5.84. The molecule has 2 heterocycles. The highest BCUT2D eigenvalue weighted by Gasteiger charge is 2.52. The van der Waals surface area contributed by atoms with Crippen molar-refractivity contribution in [2.24, 2.45) is 27.9 Å². The van der Waals surface area contributed by atoms with Gasteiger partial charge in [-0.15, -0.1) is 0 Å². The lowest BCUT2D eigenvalue weighted by Crippen LogP contribution is -2.69. The maximum Gasteiger partial charge on any atom is 0.250 e. The number of hydrogen-bond acceptors (Lipinski definition) is 15. The average molecular weight is 636 g/mol. The van der Waals surface area contributed by atoms with Gasteiger partial charge in [-0.3, -0.25) is 9.79 Å². The average Bonchev–Trinajstić information content (AvgIpc) is 2.97. The van der Waals surface area contributed by atoms with Crippen LogP contribution in [0.15, 0.2) is 4.99 Å². The fourth-order valence-electron chi connectivity index (χ4n) is 5.78. The Labute approximate surface area is 257 Å². The molecule has 15 N–H and O–H groups in total. The number of carbonyl (C=O) groups is 1. The number of aliphatic hydroxyl groups excluding tert-OH is 4. The van der Waals surface area contributed by atoms with Crippen molar-refractivity contribution >= 4 is 11.7 Å². The lowest BCUT2D eigenvalue weighted by atomic mass is 9.83. The molecule has 1 saturated carbocycles. The number of rotatable bonds is 12. The molecule has 0 radical (unpaired) electrons. The Kier molecular flexibility index (Phi) is 13.3. The summed E-state index contributed by atoms with van der Waals surface area (Å²) in [5.41, 5.74) is 22.9. The highest BCUT2D eigenvalue weighted by atomic mass is 16.7. The molecule has 0 aromatic heterocycles. The van der Waals surface area contributed by atoms with Crippen LogP contribution < -0.4 is 33.6 Å². The van der Waals surface area contributed by atoms with Gasteiger partial charge in [0.05, 0.1) is 37.4 Å². The summed E-state index contributed by atoms with van der Waals surface area (Å²) in [5, 5.41) is 58.8. The van der Waals surface area contributed by atoms with Gasteiger partial charge in [0.15, 0.2) is 12.6 Å². The van der Waals surface area contributed by atoms with Crippen LogP contribution in [0.25, 0.3) is 0 Å². The number of nitrogens with two attached hydrogens (primary N) is 4. The van der Waals surface area contributed by atoms with Gasteiger partial charge in [0, 0.05) is 12.1 Å². The molecule has 1 unspecified atom stereocenters. The van der Waals surface area contributed by atoms with Crippen LogP contribution in [0.5, 0.6) is 0 Å². The fraction of sp³-hybridized carbons (Fsp3) is 0.926. The molecule has 15 atom stereocenters. The van der Waals surface area contributed by atoms with Crippen LogP contribution in [0.3, 0.4) is 0 Å². The van der Waals surface area contributed by atoms with E-state index in [0.717, 1.165) is 0 Å². The monoisotopic (exact) mass is 635 g/mol. The minimum Gasteiger partial charge on any atom is -0.388 e. The number of carbonyl (C=O) groups excluding carboxylic acids is 1. The van der Waals surface area contributed by atoms with E-state index < -0.39 is 97.0 Å². The molecular formula is C27H53N7O10. The standard InChI is InChI=1S/C27H53N7O10/c1-5-13(28)17(36)24(39)34-16-8-15(30)20(43-25-14(29)7-6-12(42-25)9-33-23(31)11(2)35)18(37)21(16)44-26-19(38)22(32-4)27(3,40)10-41-26/h11-22,25-26,32,35-38,40H,5-10,28-30H2,1-4H3,(H2,31,33)(H,34,39)/t11?,12-,13+,14+,15-,16+,17-,18-,19+,20+,21-,22+,25+,26+,27-/m0/s1. The van der Waals surface area contributed by atoms with Gasteiger partial charge in [-0.1, -0.05) is 6.92 Å². The van der Waals surface area contributed by atoms with Gasteiger partial charge in [-0.2, -0.15) is 0 Å². The third-order valence-corrected chi connectivity index (χ3v) is 8.62. The van der Waals surface area contributed by atoms with Crippen molar-refractivity contribution in [3.05, 3.63) is 0 Å². The van der Waals surface area contributed by atoms with E-state index >= 15 is 0 Å². The summed E-state index contributed by atoms with van der Waals surface area (Å²) in [7, 11) is 1.56. The van der Waals surface area contributed by atoms with E-state index in [1.165, 1.54) is 13.8 Å². The number of nitrogens with one attached hydrogen (secondary N) is 2. The van der Waals surface area contributed by atoms with Crippen molar-refractivity contribution in [2.45, 2.75) is 138 Å². The van der Waals surface area contributed by atoms with Crippen LogP contribution in [0.1, 0.15) is 46.5 Å². The number of ether oxygens (including phenoxy) is 4. The lowest BCUT2D eigenvalue weighted by molar-refractivity contribution is -0.307. The molecule has 0 aromatic rings. The Morgan fingerprint density at radius 3 is 2.39 bits per heavy atom. The van der Waals surface area contributed by atoms with Crippen molar-refractivity contribution in [2.75, 3.05) is 20.2 Å². The predicted octanol–water partition coefficient (Wildman–Crippen LogP) is -4.94. The Morgan fingerprint density at radius 1 is 1.11 bits per heavy atom. The van der Waals surface area contributed by atoms with Crippen LogP contribution in [-0.4, -0.2) is 149 Å². The van der Waals surface area contributed by atoms with Crippen molar-refractivity contribution in [1.82, 2.24) is 10.6 Å². The molecular weight excluding hydrogens is 582 g/mol. The third-order valence-electron chi connectivity index (χ3n) is 8.62. The Balaban J connectivity index is 1.81. The molecule has 17 heteroatoms. The van der Waals surface area contributed by atoms with E-state index in [2.05, 4.69) is 15.6 Å². The van der Waals surface area contributed by atoms with Crippen molar-refractivity contribution in [1.29, 1.82) is 0 Å². The molecule has 1 amide bonds. The largest absolute Gasteiger partial charge is 0.388 e. The molecule has 3 fully saturated rings. The van der Waals surface area contributed by atoms with Gasteiger partial charge in [-0.25, -0.2) is 0 Å². The molecule has 3 rings (SSSR count). The molecule has 2 saturated heterocycles. The summed E-state index contributed by atoms with van der Waals surface area (Å²) in [6.07, 6.45) is -8.93. The SMILES string of the molecule is CC[C@@H](N)[C@H](O)C(=O)N[C@@H]1C[C@H](N)[C@@H](O[C@H]2O[C@H](CN=C(N)C(C)O)CC[C@H]2N)[C@H](O)[C@H]1O[C@H]1OC[C@](C)(O)[C@H](NC)[C@H]1O. The highest BCUT2D eigenvalue weighted by Crippen LogP contribution is 2.32. The first-order chi connectivity index (χ1) is 20.6. The fourth-order valence-corrected chi connectivity index (χ4v) is 5.78. The molecule has 3 aliphatic rings. The Morgan fingerprint density at radius 2 is 1.77 bits per heavy atom. The number of hydrogen-bond donors (Lipinski definition) is 11. The summed E-state index contributed by atoms with van der Waals surface area (Å²) >= 11 is 0. The summed E-state index contributed by atoms with van der Waals surface area (Å²) in [4.78, 5) is 17.1. The predicted molar refractivity (Wildman–Crippen MR) is 158 cm³/mol. The zero-order valence-electron chi connectivity index (χ0n) is 25.9. The van der Waals surface area contributed by atoms with Gasteiger partial charge in [0.1, 0.15) is 48.1 Å². The zero-order valence-corrected chi connectivity index (χ0v) is 25.9. The maximum atomic E-state index is 12.9. The second-order valence-corrected chi connectivity index (χ2v) is 12.3. The van der Waals surface area contributed by atoms with Crippen molar-refractivity contribution < 1.29 is 49.3 Å². The minimum absolute atomic E-state index is 0.0306. The molecule has 2 aliphatic heterocycles. The smallest absolute Gasteiger partial charge is 0.250 e. The molecule has 17 nitrogen and oxygen atoms in total. The van der Waals surface area contributed by atoms with Crippen LogP contribution in [0.2, 0.25) is 0 Å². The minimum atomic E-state index is -1.53. The van der Waals surface area contributed by atoms with Gasteiger partial charge in [0.25, 0.3) is 5.91 Å². The summed E-state index contributed by atoms with van der Waals surface area (Å²) in [5.74, 6) is -0.715. The van der Waals surface area contributed by atoms with Gasteiger partial charge < -0.3 is 78.0 Å². The van der Waals surface area contributed by atoms with Gasteiger partial charge in [-0.05, 0) is 46.6 Å².